The van der Waals surface area contributed by atoms with E-state index in [4.69, 9.17) is 0 Å². The molecular formula is C28H28FN5O. The Morgan fingerprint density at radius 2 is 1.83 bits per heavy atom. The monoisotopic (exact) mass is 469 g/mol. The Balaban J connectivity index is 1.11. The van der Waals surface area contributed by atoms with Crippen LogP contribution in [0.25, 0.3) is 22.5 Å². The van der Waals surface area contributed by atoms with Crippen LogP contribution in [0.15, 0.2) is 79.1 Å². The topological polar surface area (TPSA) is 63.1 Å². The second-order valence-corrected chi connectivity index (χ2v) is 9.00. The number of likely N-dealkylation sites (tertiary alicyclic amines) is 1. The van der Waals surface area contributed by atoms with Gasteiger partial charge in [0.15, 0.2) is 0 Å². The molecule has 35 heavy (non-hydrogen) atoms. The first kappa shape index (κ1) is 22.9. The van der Waals surface area contributed by atoms with E-state index in [-0.39, 0.29) is 17.8 Å². The van der Waals surface area contributed by atoms with E-state index in [1.807, 2.05) is 24.0 Å². The van der Waals surface area contributed by atoms with Crippen LogP contribution in [-0.4, -0.2) is 44.7 Å². The van der Waals surface area contributed by atoms with E-state index in [1.54, 1.807) is 30.5 Å². The normalized spacial score (nSPS) is 14.7. The zero-order chi connectivity index (χ0) is 24.2. The molecule has 5 rings (SSSR count). The first-order chi connectivity index (χ1) is 17.0. The lowest BCUT2D eigenvalue weighted by molar-refractivity contribution is 0.0908. The van der Waals surface area contributed by atoms with Crippen LogP contribution in [-0.2, 0) is 13.6 Å². The number of hydrogen-bond donors (Lipinski definition) is 1. The maximum Gasteiger partial charge on any atom is 0.253 e. The minimum atomic E-state index is -0.306. The lowest BCUT2D eigenvalue weighted by Gasteiger charge is -2.32. The van der Waals surface area contributed by atoms with Gasteiger partial charge in [0.2, 0.25) is 0 Å². The highest BCUT2D eigenvalue weighted by Gasteiger charge is 2.21. The van der Waals surface area contributed by atoms with Crippen LogP contribution < -0.4 is 5.32 Å². The molecule has 1 amide bonds. The highest BCUT2D eigenvalue weighted by molar-refractivity contribution is 5.94. The van der Waals surface area contributed by atoms with Crippen molar-refractivity contribution in [3.63, 3.8) is 0 Å². The summed E-state index contributed by atoms with van der Waals surface area (Å²) in [6, 6.07) is 20.6. The molecule has 0 aliphatic carbocycles. The maximum absolute atomic E-state index is 13.5. The molecule has 6 nitrogen and oxygen atoms in total. The van der Waals surface area contributed by atoms with Gasteiger partial charge < -0.3 is 5.32 Å². The number of carbonyl (C=O) groups excluding carboxylic acids is 1. The van der Waals surface area contributed by atoms with E-state index in [1.165, 1.54) is 17.7 Å². The van der Waals surface area contributed by atoms with Crippen molar-refractivity contribution in [1.29, 1.82) is 0 Å². The van der Waals surface area contributed by atoms with Crippen LogP contribution in [0.2, 0.25) is 0 Å². The van der Waals surface area contributed by atoms with Crippen molar-refractivity contribution < 1.29 is 9.18 Å². The number of aromatic nitrogens is 3. The molecule has 0 bridgehead atoms. The van der Waals surface area contributed by atoms with E-state index in [9.17, 15) is 9.18 Å². The lowest BCUT2D eigenvalue weighted by atomic mass is 10.0. The third-order valence-corrected chi connectivity index (χ3v) is 6.55. The molecule has 1 saturated heterocycles. The van der Waals surface area contributed by atoms with E-state index in [0.717, 1.165) is 43.7 Å². The Morgan fingerprint density at radius 1 is 1.03 bits per heavy atom. The van der Waals surface area contributed by atoms with Crippen molar-refractivity contribution in [3.05, 3.63) is 96.1 Å². The predicted octanol–water partition coefficient (Wildman–Crippen LogP) is 4.68. The average molecular weight is 470 g/mol. The lowest BCUT2D eigenvalue weighted by Crippen LogP contribution is -2.44. The second kappa shape index (κ2) is 10.2. The zero-order valence-corrected chi connectivity index (χ0v) is 19.7. The number of nitrogens with one attached hydrogen (secondary N) is 1. The fourth-order valence-corrected chi connectivity index (χ4v) is 4.55. The number of carbonyl (C=O) groups is 1. The number of piperidine rings is 1. The summed E-state index contributed by atoms with van der Waals surface area (Å²) < 4.78 is 15.3. The van der Waals surface area contributed by atoms with Crippen molar-refractivity contribution >= 4 is 5.91 Å². The van der Waals surface area contributed by atoms with Crippen LogP contribution in [0.1, 0.15) is 28.8 Å². The van der Waals surface area contributed by atoms with Crippen molar-refractivity contribution in [3.8, 4) is 22.5 Å². The van der Waals surface area contributed by atoms with Gasteiger partial charge in [-0.2, -0.15) is 5.10 Å². The molecule has 7 heteroatoms. The summed E-state index contributed by atoms with van der Waals surface area (Å²) in [6.07, 6.45) is 5.19. The molecule has 178 valence electrons. The molecule has 1 aliphatic heterocycles. The number of amides is 1. The van der Waals surface area contributed by atoms with Gasteiger partial charge in [0.05, 0.1) is 17.0 Å². The van der Waals surface area contributed by atoms with Crippen LogP contribution in [0, 0.1) is 5.82 Å². The number of benzene rings is 2. The highest BCUT2D eigenvalue weighted by atomic mass is 19.1. The molecule has 0 unspecified atom stereocenters. The fraction of sp³-hybridized carbons (Fsp3) is 0.250. The van der Waals surface area contributed by atoms with Crippen LogP contribution in [0.3, 0.4) is 0 Å². The minimum Gasteiger partial charge on any atom is -0.349 e. The van der Waals surface area contributed by atoms with E-state index in [2.05, 4.69) is 44.6 Å². The Hall–Kier alpha value is -3.84. The minimum absolute atomic E-state index is 0.118. The largest absolute Gasteiger partial charge is 0.349 e. The van der Waals surface area contributed by atoms with Crippen LogP contribution in [0.5, 0.6) is 0 Å². The quantitative estimate of drug-likeness (QED) is 0.445. The molecule has 2 aromatic carbocycles. The number of aryl methyl sites for hydroxylation is 1. The van der Waals surface area contributed by atoms with Crippen molar-refractivity contribution in [2.75, 3.05) is 13.1 Å². The standard InChI is InChI=1S/C28H28FN5O/c1-33-27(11-14-31-33)21-7-5-20(6-8-21)19-34-15-12-25(13-16-34)32-28(35)23-9-10-26(30-18-23)22-3-2-4-24(29)17-22/h2-11,14,17-18,25H,12-13,15-16,19H2,1H3,(H,32,35). The SMILES string of the molecule is Cn1nccc1-c1ccc(CN2CCC(NC(=O)c3ccc(-c4cccc(F)c4)nc3)CC2)cc1. The molecular weight excluding hydrogens is 441 g/mol. The Morgan fingerprint density at radius 3 is 2.49 bits per heavy atom. The van der Waals surface area contributed by atoms with Crippen molar-refractivity contribution in [2.45, 2.75) is 25.4 Å². The van der Waals surface area contributed by atoms with Gasteiger partial charge in [-0.3, -0.25) is 19.4 Å². The Kier molecular flexibility index (Phi) is 6.68. The van der Waals surface area contributed by atoms with Gasteiger partial charge in [0.1, 0.15) is 5.82 Å². The fourth-order valence-electron chi connectivity index (χ4n) is 4.55. The number of rotatable bonds is 6. The molecule has 3 heterocycles. The van der Waals surface area contributed by atoms with Gasteiger partial charge in [-0.05, 0) is 54.3 Å². The van der Waals surface area contributed by atoms with Gasteiger partial charge in [-0.1, -0.05) is 36.4 Å². The molecule has 0 spiro atoms. The van der Waals surface area contributed by atoms with Gasteiger partial charge in [-0.25, -0.2) is 4.39 Å². The van der Waals surface area contributed by atoms with Gasteiger partial charge >= 0.3 is 0 Å². The van der Waals surface area contributed by atoms with Gasteiger partial charge in [0.25, 0.3) is 5.91 Å². The first-order valence-corrected chi connectivity index (χ1v) is 11.9. The van der Waals surface area contributed by atoms with E-state index >= 15 is 0 Å². The van der Waals surface area contributed by atoms with Gasteiger partial charge in [0, 0.05) is 50.7 Å². The Bertz CT molecular complexity index is 1290. The summed E-state index contributed by atoms with van der Waals surface area (Å²) in [6.45, 7) is 2.77. The van der Waals surface area contributed by atoms with E-state index < -0.39 is 0 Å². The second-order valence-electron chi connectivity index (χ2n) is 9.00. The zero-order valence-electron chi connectivity index (χ0n) is 19.7. The molecule has 0 radical (unpaired) electrons. The molecule has 1 aliphatic rings. The third kappa shape index (κ3) is 5.46. The molecule has 2 aromatic heterocycles. The maximum atomic E-state index is 13.5. The third-order valence-electron chi connectivity index (χ3n) is 6.55. The number of pyridine rings is 1. The summed E-state index contributed by atoms with van der Waals surface area (Å²) in [7, 11) is 1.95. The first-order valence-electron chi connectivity index (χ1n) is 11.9. The highest BCUT2D eigenvalue weighted by Crippen LogP contribution is 2.21. The summed E-state index contributed by atoms with van der Waals surface area (Å²) in [4.78, 5) is 19.5. The smallest absolute Gasteiger partial charge is 0.253 e. The molecule has 0 atom stereocenters. The van der Waals surface area contributed by atoms with Crippen molar-refractivity contribution in [1.82, 2.24) is 25.0 Å². The number of halogens is 1. The summed E-state index contributed by atoms with van der Waals surface area (Å²) in [5, 5.41) is 7.38. The Labute approximate surface area is 204 Å². The van der Waals surface area contributed by atoms with Gasteiger partial charge in [-0.15, -0.1) is 0 Å². The average Bonchev–Trinajstić information content (AvgIpc) is 3.31. The van der Waals surface area contributed by atoms with E-state index in [0.29, 0.717) is 16.8 Å². The van der Waals surface area contributed by atoms with Crippen LogP contribution >= 0.6 is 0 Å². The van der Waals surface area contributed by atoms with Crippen molar-refractivity contribution in [2.24, 2.45) is 7.05 Å². The summed E-state index contributed by atoms with van der Waals surface area (Å²) >= 11 is 0. The predicted molar refractivity (Wildman–Crippen MR) is 134 cm³/mol. The molecule has 1 fully saturated rings. The molecule has 0 saturated carbocycles. The molecule has 1 N–H and O–H groups in total. The number of hydrogen-bond acceptors (Lipinski definition) is 4. The molecule has 4 aromatic rings. The summed E-state index contributed by atoms with van der Waals surface area (Å²) in [5.74, 6) is -0.424. The van der Waals surface area contributed by atoms with Crippen LogP contribution in [0.4, 0.5) is 4.39 Å². The summed E-state index contributed by atoms with van der Waals surface area (Å²) in [5.41, 5.74) is 5.39. The number of nitrogens with zero attached hydrogens (tertiary/aromatic N) is 4.